The topological polar surface area (TPSA) is 89.0 Å². The van der Waals surface area contributed by atoms with Crippen LogP contribution in [0.15, 0.2) is 53.5 Å². The monoisotopic (exact) mass is 395 g/mol. The number of guanidine groups is 1. The third-order valence-electron chi connectivity index (χ3n) is 4.57. The highest BCUT2D eigenvalue weighted by Crippen LogP contribution is 2.14. The lowest BCUT2D eigenvalue weighted by Gasteiger charge is -2.14. The van der Waals surface area contributed by atoms with Gasteiger partial charge in [0.15, 0.2) is 0 Å². The molecule has 2 aromatic carbocycles. The van der Waals surface area contributed by atoms with Gasteiger partial charge in [-0.05, 0) is 50.1 Å². The van der Waals surface area contributed by atoms with Crippen LogP contribution in [0.25, 0.3) is 0 Å². The van der Waals surface area contributed by atoms with E-state index < -0.39 is 5.97 Å². The van der Waals surface area contributed by atoms with Crippen molar-refractivity contribution in [3.05, 3.63) is 65.2 Å². The lowest BCUT2D eigenvalue weighted by atomic mass is 10.1. The van der Waals surface area contributed by atoms with Crippen LogP contribution in [-0.2, 0) is 9.47 Å². The Morgan fingerprint density at radius 3 is 2.66 bits per heavy atom. The fourth-order valence-corrected chi connectivity index (χ4v) is 2.95. The third-order valence-corrected chi connectivity index (χ3v) is 4.57. The maximum Gasteiger partial charge on any atom is 0.337 e. The van der Waals surface area contributed by atoms with Crippen molar-refractivity contribution in [3.8, 4) is 0 Å². The first-order chi connectivity index (χ1) is 14.0. The second-order valence-electron chi connectivity index (χ2n) is 6.84. The van der Waals surface area contributed by atoms with E-state index in [1.165, 1.54) is 7.11 Å². The molecule has 0 bridgehead atoms. The molecule has 1 aliphatic heterocycles. The van der Waals surface area contributed by atoms with E-state index in [0.717, 1.165) is 25.0 Å². The Bertz CT molecular complexity index is 887. The van der Waals surface area contributed by atoms with Gasteiger partial charge in [0.05, 0.1) is 25.3 Å². The molecule has 7 heteroatoms. The number of carbonyl (C=O) groups is 2. The van der Waals surface area contributed by atoms with Gasteiger partial charge in [-0.25, -0.2) is 9.79 Å². The number of methoxy groups -OCH3 is 1. The van der Waals surface area contributed by atoms with E-state index >= 15 is 0 Å². The molecular weight excluding hydrogens is 370 g/mol. The van der Waals surface area contributed by atoms with Gasteiger partial charge in [0, 0.05) is 17.9 Å². The van der Waals surface area contributed by atoms with Gasteiger partial charge in [-0.1, -0.05) is 23.8 Å². The number of aliphatic imine (C=N–C) groups is 1. The Morgan fingerprint density at radius 1 is 1.17 bits per heavy atom. The Labute approximate surface area is 170 Å². The van der Waals surface area contributed by atoms with Crippen molar-refractivity contribution in [1.82, 2.24) is 5.32 Å². The Hall–Kier alpha value is -3.19. The largest absolute Gasteiger partial charge is 0.465 e. The molecular formula is C22H25N3O4. The number of carbonyl (C=O) groups excluding carboxylic acids is 2. The number of hydrogen-bond acceptors (Lipinski definition) is 5. The standard InChI is InChI=1S/C22H25N3O4/c1-15-8-10-16(11-9-15)20(26)25-22(23-14-19-7-4-12-29-19)24-18-6-3-5-17(13-18)21(27)28-2/h3,5-6,8-11,13,19H,4,7,12,14H2,1-2H3,(H2,23,24,25,26)/t19-/m1/s1. The van der Waals surface area contributed by atoms with Crippen LogP contribution in [0, 0.1) is 6.92 Å². The number of amides is 1. The van der Waals surface area contributed by atoms with Crippen molar-refractivity contribution in [2.24, 2.45) is 4.99 Å². The van der Waals surface area contributed by atoms with E-state index in [1.54, 1.807) is 36.4 Å². The fraction of sp³-hybridized carbons (Fsp3) is 0.318. The Morgan fingerprint density at radius 2 is 1.97 bits per heavy atom. The fourth-order valence-electron chi connectivity index (χ4n) is 2.95. The first-order valence-corrected chi connectivity index (χ1v) is 9.54. The summed E-state index contributed by atoms with van der Waals surface area (Å²) in [4.78, 5) is 28.9. The number of hydrogen-bond donors (Lipinski definition) is 2. The van der Waals surface area contributed by atoms with Crippen molar-refractivity contribution in [3.63, 3.8) is 0 Å². The highest BCUT2D eigenvalue weighted by Gasteiger charge is 2.16. The van der Waals surface area contributed by atoms with Gasteiger partial charge in [-0.2, -0.15) is 0 Å². The summed E-state index contributed by atoms with van der Waals surface area (Å²) in [5.41, 5.74) is 2.63. The molecule has 1 amide bonds. The molecule has 152 valence electrons. The molecule has 0 aliphatic carbocycles. The zero-order valence-corrected chi connectivity index (χ0v) is 16.6. The van der Waals surface area contributed by atoms with Crippen molar-refractivity contribution >= 4 is 23.5 Å². The number of ether oxygens (including phenoxy) is 2. The highest BCUT2D eigenvalue weighted by molar-refractivity contribution is 6.10. The molecule has 0 aromatic heterocycles. The average molecular weight is 395 g/mol. The molecule has 1 heterocycles. The van der Waals surface area contributed by atoms with Gasteiger partial charge in [-0.3, -0.25) is 10.1 Å². The van der Waals surface area contributed by atoms with Crippen LogP contribution in [-0.4, -0.2) is 44.2 Å². The summed E-state index contributed by atoms with van der Waals surface area (Å²) in [6.07, 6.45) is 2.00. The minimum absolute atomic E-state index is 0.0458. The summed E-state index contributed by atoms with van der Waals surface area (Å²) in [6, 6.07) is 14.1. The molecule has 1 atom stereocenters. The summed E-state index contributed by atoms with van der Waals surface area (Å²) in [6.45, 7) is 3.14. The van der Waals surface area contributed by atoms with Crippen molar-refractivity contribution in [2.75, 3.05) is 25.6 Å². The molecule has 2 aromatic rings. The number of anilines is 1. The maximum absolute atomic E-state index is 12.6. The van der Waals surface area contributed by atoms with Crippen molar-refractivity contribution in [1.29, 1.82) is 0 Å². The molecule has 29 heavy (non-hydrogen) atoms. The van der Waals surface area contributed by atoms with E-state index in [4.69, 9.17) is 9.47 Å². The van der Waals surface area contributed by atoms with Crippen LogP contribution < -0.4 is 10.6 Å². The van der Waals surface area contributed by atoms with Crippen LogP contribution in [0.5, 0.6) is 0 Å². The number of nitrogens with zero attached hydrogens (tertiary/aromatic N) is 1. The lowest BCUT2D eigenvalue weighted by Crippen LogP contribution is -2.36. The first kappa shape index (κ1) is 20.5. The van der Waals surface area contributed by atoms with Gasteiger partial charge in [-0.15, -0.1) is 0 Å². The van der Waals surface area contributed by atoms with Crippen LogP contribution in [0.2, 0.25) is 0 Å². The van der Waals surface area contributed by atoms with Gasteiger partial charge in [0.2, 0.25) is 5.96 Å². The number of nitrogens with one attached hydrogen (secondary N) is 2. The zero-order valence-electron chi connectivity index (χ0n) is 16.6. The lowest BCUT2D eigenvalue weighted by molar-refractivity contribution is 0.0600. The second-order valence-corrected chi connectivity index (χ2v) is 6.84. The SMILES string of the molecule is COC(=O)c1cccc(NC(=NC[C@H]2CCCO2)NC(=O)c2ccc(C)cc2)c1. The normalized spacial score (nSPS) is 16.3. The van der Waals surface area contributed by atoms with E-state index in [0.29, 0.717) is 29.3 Å². The van der Waals surface area contributed by atoms with Gasteiger partial charge < -0.3 is 14.8 Å². The average Bonchev–Trinajstić information content (AvgIpc) is 3.25. The predicted octanol–water partition coefficient (Wildman–Crippen LogP) is 3.16. The molecule has 0 unspecified atom stereocenters. The summed E-state index contributed by atoms with van der Waals surface area (Å²) in [5, 5.41) is 5.91. The molecule has 1 aliphatic rings. The number of rotatable bonds is 5. The molecule has 7 nitrogen and oxygen atoms in total. The predicted molar refractivity (Wildman–Crippen MR) is 111 cm³/mol. The minimum atomic E-state index is -0.435. The van der Waals surface area contributed by atoms with Gasteiger partial charge in [0.1, 0.15) is 0 Å². The van der Waals surface area contributed by atoms with Crippen LogP contribution in [0.3, 0.4) is 0 Å². The number of benzene rings is 2. The summed E-state index contributed by atoms with van der Waals surface area (Å²) in [7, 11) is 1.33. The van der Waals surface area contributed by atoms with E-state index in [1.807, 2.05) is 19.1 Å². The molecule has 1 saturated heterocycles. The minimum Gasteiger partial charge on any atom is -0.465 e. The van der Waals surface area contributed by atoms with Gasteiger partial charge >= 0.3 is 5.97 Å². The van der Waals surface area contributed by atoms with Crippen LogP contribution in [0.4, 0.5) is 5.69 Å². The Kier molecular flexibility index (Phi) is 6.97. The molecule has 0 radical (unpaired) electrons. The smallest absolute Gasteiger partial charge is 0.337 e. The van der Waals surface area contributed by atoms with Gasteiger partial charge in [0.25, 0.3) is 5.91 Å². The first-order valence-electron chi connectivity index (χ1n) is 9.54. The molecule has 2 N–H and O–H groups in total. The quantitative estimate of drug-likeness (QED) is 0.461. The highest BCUT2D eigenvalue weighted by atomic mass is 16.5. The third kappa shape index (κ3) is 5.89. The van der Waals surface area contributed by atoms with Crippen LogP contribution in [0.1, 0.15) is 39.1 Å². The van der Waals surface area contributed by atoms with E-state index in [9.17, 15) is 9.59 Å². The number of esters is 1. The summed E-state index contributed by atoms with van der Waals surface area (Å²) >= 11 is 0. The molecule has 0 spiro atoms. The van der Waals surface area contributed by atoms with Crippen molar-refractivity contribution in [2.45, 2.75) is 25.9 Å². The number of aryl methyl sites for hydroxylation is 1. The maximum atomic E-state index is 12.6. The van der Waals surface area contributed by atoms with E-state index in [2.05, 4.69) is 15.6 Å². The van der Waals surface area contributed by atoms with Crippen LogP contribution >= 0.6 is 0 Å². The summed E-state index contributed by atoms with van der Waals surface area (Å²) in [5.74, 6) is -0.406. The van der Waals surface area contributed by atoms with E-state index in [-0.39, 0.29) is 12.0 Å². The molecule has 0 saturated carbocycles. The molecule has 3 rings (SSSR count). The van der Waals surface area contributed by atoms with Crippen molar-refractivity contribution < 1.29 is 19.1 Å². The second kappa shape index (κ2) is 9.84. The zero-order chi connectivity index (χ0) is 20.6. The Balaban J connectivity index is 1.77. The summed E-state index contributed by atoms with van der Waals surface area (Å²) < 4.78 is 10.4. The molecule has 1 fully saturated rings.